The van der Waals surface area contributed by atoms with Crippen LogP contribution in [0.1, 0.15) is 84.5 Å². The van der Waals surface area contributed by atoms with Gasteiger partial charge >= 0.3 is 0 Å². The molecule has 0 radical (unpaired) electrons. The first-order chi connectivity index (χ1) is 13.3. The van der Waals surface area contributed by atoms with Crippen molar-refractivity contribution in [2.75, 3.05) is 52.9 Å². The average Bonchev–Trinajstić information content (AvgIpc) is 2.68. The zero-order chi connectivity index (χ0) is 19.8. The van der Waals surface area contributed by atoms with E-state index < -0.39 is 0 Å². The summed E-state index contributed by atoms with van der Waals surface area (Å²) in [5.41, 5.74) is 0. The monoisotopic (exact) mass is 390 g/mol. The summed E-state index contributed by atoms with van der Waals surface area (Å²) in [4.78, 5) is 0. The minimum atomic E-state index is 0.0570. The van der Waals surface area contributed by atoms with E-state index in [1.807, 2.05) is 0 Å². The topological polar surface area (TPSA) is 57.2 Å². The quantitative estimate of drug-likeness (QED) is 0.255. The van der Waals surface area contributed by atoms with Gasteiger partial charge in [-0.05, 0) is 12.8 Å². The van der Waals surface area contributed by atoms with Crippen molar-refractivity contribution >= 4 is 0 Å². The molecule has 1 unspecified atom stereocenters. The maximum atomic E-state index is 8.58. The highest BCUT2D eigenvalue weighted by atomic mass is 16.6. The lowest BCUT2D eigenvalue weighted by molar-refractivity contribution is -0.0246. The van der Waals surface area contributed by atoms with E-state index in [1.54, 1.807) is 0 Å². The second-order valence-corrected chi connectivity index (χ2v) is 7.11. The zero-order valence-electron chi connectivity index (χ0n) is 18.1. The fraction of sp³-hybridized carbons (Fsp3) is 1.00. The second-order valence-electron chi connectivity index (χ2n) is 7.11. The van der Waals surface area contributed by atoms with E-state index in [9.17, 15) is 0 Å². The molecule has 1 N–H and O–H groups in total. The third kappa shape index (κ3) is 22.0. The van der Waals surface area contributed by atoms with Gasteiger partial charge in [0.2, 0.25) is 0 Å². The van der Waals surface area contributed by atoms with Crippen molar-refractivity contribution < 1.29 is 24.1 Å². The highest BCUT2D eigenvalue weighted by molar-refractivity contribution is 4.60. The molecule has 0 bridgehead atoms. The fourth-order valence-corrected chi connectivity index (χ4v) is 2.97. The summed E-state index contributed by atoms with van der Waals surface area (Å²) in [6.07, 6.45) is 14.6. The number of aliphatic hydroxyl groups excluding tert-OH is 1. The van der Waals surface area contributed by atoms with Gasteiger partial charge in [0.1, 0.15) is 0 Å². The third-order valence-corrected chi connectivity index (χ3v) is 4.57. The van der Waals surface area contributed by atoms with E-state index in [0.717, 1.165) is 0 Å². The van der Waals surface area contributed by atoms with Crippen molar-refractivity contribution in [1.82, 2.24) is 0 Å². The van der Waals surface area contributed by atoms with Crippen LogP contribution < -0.4 is 0 Å². The van der Waals surface area contributed by atoms with Gasteiger partial charge in [0.25, 0.3) is 0 Å². The van der Waals surface area contributed by atoms with Crippen LogP contribution in [0.4, 0.5) is 0 Å². The van der Waals surface area contributed by atoms with E-state index >= 15 is 0 Å². The molecule has 0 heterocycles. The Morgan fingerprint density at radius 1 is 0.556 bits per heavy atom. The maximum Gasteiger partial charge on any atom is 0.0704 e. The standard InChI is InChI=1S/C22H46O5/c1-3-5-7-8-9-11-13-22(12-10-6-4-2)27-21-20-26-19-18-25-17-16-24-15-14-23/h22-23H,3-21H2,1-2H3. The Bertz CT molecular complexity index is 263. The lowest BCUT2D eigenvalue weighted by atomic mass is 10.0. The van der Waals surface area contributed by atoms with Crippen molar-refractivity contribution in [3.63, 3.8) is 0 Å². The van der Waals surface area contributed by atoms with Crippen LogP contribution in [0.5, 0.6) is 0 Å². The van der Waals surface area contributed by atoms with Gasteiger partial charge in [-0.3, -0.25) is 0 Å². The second kappa shape index (κ2) is 23.8. The van der Waals surface area contributed by atoms with Gasteiger partial charge in [-0.15, -0.1) is 0 Å². The number of hydrogen-bond donors (Lipinski definition) is 1. The average molecular weight is 391 g/mol. The molecule has 0 saturated carbocycles. The molecule has 27 heavy (non-hydrogen) atoms. The minimum absolute atomic E-state index is 0.0570. The first-order valence-corrected chi connectivity index (χ1v) is 11.3. The molecule has 1 atom stereocenters. The third-order valence-electron chi connectivity index (χ3n) is 4.57. The molecule has 0 aliphatic carbocycles. The molecule has 0 aliphatic heterocycles. The molecule has 0 rings (SSSR count). The summed E-state index contributed by atoms with van der Waals surface area (Å²) in [5.74, 6) is 0. The number of rotatable bonds is 23. The number of aliphatic hydroxyl groups is 1. The van der Waals surface area contributed by atoms with E-state index in [1.165, 1.54) is 70.6 Å². The molecule has 5 nitrogen and oxygen atoms in total. The largest absolute Gasteiger partial charge is 0.394 e. The van der Waals surface area contributed by atoms with Crippen LogP contribution >= 0.6 is 0 Å². The number of unbranched alkanes of at least 4 members (excludes halogenated alkanes) is 7. The van der Waals surface area contributed by atoms with E-state index in [2.05, 4.69) is 13.8 Å². The SMILES string of the molecule is CCCCCCCCC(CCCCC)OCCOCCOCCOCCO. The molecule has 0 saturated heterocycles. The number of ether oxygens (including phenoxy) is 4. The molecule has 0 spiro atoms. The molecule has 0 amide bonds. The van der Waals surface area contributed by atoms with Gasteiger partial charge in [-0.1, -0.05) is 71.6 Å². The van der Waals surface area contributed by atoms with Crippen molar-refractivity contribution in [3.05, 3.63) is 0 Å². The van der Waals surface area contributed by atoms with Gasteiger partial charge in [-0.25, -0.2) is 0 Å². The van der Waals surface area contributed by atoms with E-state index in [0.29, 0.717) is 52.4 Å². The predicted octanol–water partition coefficient (Wildman–Crippen LogP) is 4.74. The van der Waals surface area contributed by atoms with Crippen LogP contribution in [-0.4, -0.2) is 64.1 Å². The normalized spacial score (nSPS) is 12.6. The first-order valence-electron chi connectivity index (χ1n) is 11.3. The van der Waals surface area contributed by atoms with Crippen LogP contribution in [0.2, 0.25) is 0 Å². The number of hydrogen-bond acceptors (Lipinski definition) is 5. The fourth-order valence-electron chi connectivity index (χ4n) is 2.97. The molecular weight excluding hydrogens is 344 g/mol. The molecule has 0 aromatic rings. The Hall–Kier alpha value is -0.200. The van der Waals surface area contributed by atoms with E-state index in [-0.39, 0.29) is 6.61 Å². The van der Waals surface area contributed by atoms with Crippen molar-refractivity contribution in [2.45, 2.75) is 90.6 Å². The Kier molecular flexibility index (Phi) is 23.7. The van der Waals surface area contributed by atoms with Gasteiger partial charge in [0.15, 0.2) is 0 Å². The lowest BCUT2D eigenvalue weighted by Crippen LogP contribution is -2.18. The Balaban J connectivity index is 3.57. The zero-order valence-corrected chi connectivity index (χ0v) is 18.1. The van der Waals surface area contributed by atoms with Gasteiger partial charge in [0, 0.05) is 0 Å². The van der Waals surface area contributed by atoms with E-state index in [4.69, 9.17) is 24.1 Å². The lowest BCUT2D eigenvalue weighted by Gasteiger charge is -2.18. The Morgan fingerprint density at radius 3 is 1.59 bits per heavy atom. The van der Waals surface area contributed by atoms with Crippen LogP contribution in [0, 0.1) is 0 Å². The van der Waals surface area contributed by atoms with Crippen molar-refractivity contribution in [1.29, 1.82) is 0 Å². The summed E-state index contributed by atoms with van der Waals surface area (Å²) in [6, 6.07) is 0. The molecule has 5 heteroatoms. The molecule has 0 fully saturated rings. The maximum absolute atomic E-state index is 8.58. The Morgan fingerprint density at radius 2 is 1.00 bits per heavy atom. The van der Waals surface area contributed by atoms with Crippen LogP contribution in [0.3, 0.4) is 0 Å². The van der Waals surface area contributed by atoms with Gasteiger partial charge in [-0.2, -0.15) is 0 Å². The highest BCUT2D eigenvalue weighted by Gasteiger charge is 2.08. The Labute approximate surface area is 168 Å². The summed E-state index contributed by atoms with van der Waals surface area (Å²) >= 11 is 0. The molecule has 0 aromatic carbocycles. The molecule has 0 aromatic heterocycles. The highest BCUT2D eigenvalue weighted by Crippen LogP contribution is 2.15. The van der Waals surface area contributed by atoms with Crippen LogP contribution in [0.15, 0.2) is 0 Å². The summed E-state index contributed by atoms with van der Waals surface area (Å²) < 4.78 is 22.2. The van der Waals surface area contributed by atoms with Gasteiger partial charge in [0.05, 0.1) is 59.0 Å². The summed E-state index contributed by atoms with van der Waals surface area (Å²) in [7, 11) is 0. The molecular formula is C22H46O5. The minimum Gasteiger partial charge on any atom is -0.394 e. The summed E-state index contributed by atoms with van der Waals surface area (Å²) in [5, 5.41) is 8.58. The molecule has 0 aliphatic rings. The first kappa shape index (κ1) is 26.8. The van der Waals surface area contributed by atoms with Gasteiger partial charge < -0.3 is 24.1 Å². The van der Waals surface area contributed by atoms with Crippen LogP contribution in [0.25, 0.3) is 0 Å². The van der Waals surface area contributed by atoms with Crippen molar-refractivity contribution in [2.24, 2.45) is 0 Å². The smallest absolute Gasteiger partial charge is 0.0704 e. The predicted molar refractivity (Wildman–Crippen MR) is 111 cm³/mol. The van der Waals surface area contributed by atoms with Crippen molar-refractivity contribution in [3.8, 4) is 0 Å². The summed E-state index contributed by atoms with van der Waals surface area (Å²) in [6.45, 7) is 8.45. The van der Waals surface area contributed by atoms with Crippen LogP contribution in [-0.2, 0) is 18.9 Å². The molecule has 164 valence electrons.